The van der Waals surface area contributed by atoms with Crippen molar-refractivity contribution in [2.45, 2.75) is 12.8 Å². The number of aryl methyl sites for hydroxylation is 1. The number of hydrogen-bond donors (Lipinski definition) is 0. The third-order valence-corrected chi connectivity index (χ3v) is 5.63. The second kappa shape index (κ2) is 6.29. The largest absolute Gasteiger partial charge is 0.282 e. The molecule has 0 amide bonds. The fraction of sp³-hybridized carbons (Fsp3) is 0.136. The number of thioether (sulfide) groups is 1. The zero-order chi connectivity index (χ0) is 16.5. The normalized spacial score (nSPS) is 12.7. The molecule has 0 atom stereocenters. The molecule has 0 N–H and O–H groups in total. The van der Waals surface area contributed by atoms with Crippen LogP contribution in [0.2, 0.25) is 0 Å². The van der Waals surface area contributed by atoms with Crippen LogP contribution in [0.3, 0.4) is 0 Å². The van der Waals surface area contributed by atoms with Crippen LogP contribution < -0.4 is 0 Å². The van der Waals surface area contributed by atoms with Gasteiger partial charge in [0.05, 0.1) is 0 Å². The van der Waals surface area contributed by atoms with E-state index in [2.05, 4.69) is 48.5 Å². The Morgan fingerprint density at radius 2 is 1.38 bits per heavy atom. The molecule has 0 saturated carbocycles. The zero-order valence-electron chi connectivity index (χ0n) is 13.5. The summed E-state index contributed by atoms with van der Waals surface area (Å²) >= 11 is 1.42. The Morgan fingerprint density at radius 1 is 0.833 bits per heavy atom. The molecule has 118 valence electrons. The number of fused-ring (bicyclic) bond motifs is 3. The first-order valence-electron chi connectivity index (χ1n) is 8.16. The average Bonchev–Trinajstić information content (AvgIpc) is 2.94. The van der Waals surface area contributed by atoms with E-state index < -0.39 is 0 Å². The summed E-state index contributed by atoms with van der Waals surface area (Å²) < 4.78 is 0. The van der Waals surface area contributed by atoms with E-state index in [1.165, 1.54) is 39.6 Å². The molecule has 0 saturated heterocycles. The van der Waals surface area contributed by atoms with Crippen LogP contribution in [0.4, 0.5) is 0 Å². The maximum Gasteiger partial charge on any atom is 0.219 e. The summed E-state index contributed by atoms with van der Waals surface area (Å²) in [4.78, 5) is 12.5. The second-order valence-electron chi connectivity index (χ2n) is 6.19. The molecule has 1 aliphatic rings. The van der Waals surface area contributed by atoms with Crippen molar-refractivity contribution < 1.29 is 4.79 Å². The highest BCUT2D eigenvalue weighted by Crippen LogP contribution is 2.45. The van der Waals surface area contributed by atoms with Gasteiger partial charge in [0.1, 0.15) is 0 Å². The standard InChI is InChI=1S/C22H18OS/c1-15-10-12-16(13-11-15)22(23)24-14-21-19-8-4-2-6-17(19)18-7-3-5-9-20(18)21/h2-13,21H,14H2,1H3. The number of carbonyl (C=O) groups excluding carboxylic acids is 1. The van der Waals surface area contributed by atoms with Crippen molar-refractivity contribution >= 4 is 16.9 Å². The lowest BCUT2D eigenvalue weighted by Crippen LogP contribution is -2.03. The molecule has 24 heavy (non-hydrogen) atoms. The van der Waals surface area contributed by atoms with E-state index >= 15 is 0 Å². The molecule has 0 radical (unpaired) electrons. The van der Waals surface area contributed by atoms with Crippen LogP contribution in [-0.2, 0) is 0 Å². The fourth-order valence-electron chi connectivity index (χ4n) is 3.37. The van der Waals surface area contributed by atoms with Gasteiger partial charge in [0.15, 0.2) is 0 Å². The van der Waals surface area contributed by atoms with Crippen molar-refractivity contribution in [2.75, 3.05) is 5.75 Å². The van der Waals surface area contributed by atoms with Crippen molar-refractivity contribution in [3.05, 3.63) is 95.1 Å². The zero-order valence-corrected chi connectivity index (χ0v) is 14.3. The van der Waals surface area contributed by atoms with Crippen LogP contribution in [-0.4, -0.2) is 10.9 Å². The lowest BCUT2D eigenvalue weighted by Gasteiger charge is -2.12. The van der Waals surface area contributed by atoms with Crippen LogP contribution in [0, 0.1) is 6.92 Å². The molecule has 3 aromatic rings. The quantitative estimate of drug-likeness (QED) is 0.614. The Labute approximate surface area is 146 Å². The van der Waals surface area contributed by atoms with E-state index in [0.717, 1.165) is 11.3 Å². The van der Waals surface area contributed by atoms with E-state index in [9.17, 15) is 4.79 Å². The summed E-state index contributed by atoms with van der Waals surface area (Å²) in [6.45, 7) is 2.04. The van der Waals surface area contributed by atoms with Crippen LogP contribution in [0.1, 0.15) is 33.0 Å². The molecule has 0 aromatic heterocycles. The molecular weight excluding hydrogens is 312 g/mol. The van der Waals surface area contributed by atoms with Crippen molar-refractivity contribution in [1.82, 2.24) is 0 Å². The molecule has 2 heteroatoms. The van der Waals surface area contributed by atoms with E-state index in [1.807, 2.05) is 31.2 Å². The van der Waals surface area contributed by atoms with Gasteiger partial charge in [-0.1, -0.05) is 90.1 Å². The summed E-state index contributed by atoms with van der Waals surface area (Å²) in [7, 11) is 0. The maximum atomic E-state index is 12.5. The number of carbonyl (C=O) groups is 1. The highest BCUT2D eigenvalue weighted by atomic mass is 32.2. The van der Waals surface area contributed by atoms with Crippen LogP contribution in [0.5, 0.6) is 0 Å². The first-order chi connectivity index (χ1) is 11.7. The van der Waals surface area contributed by atoms with E-state index in [1.54, 1.807) is 0 Å². The highest BCUT2D eigenvalue weighted by Gasteiger charge is 2.28. The van der Waals surface area contributed by atoms with Crippen molar-refractivity contribution in [3.8, 4) is 11.1 Å². The lowest BCUT2D eigenvalue weighted by atomic mass is 9.99. The maximum absolute atomic E-state index is 12.5. The van der Waals surface area contributed by atoms with Gasteiger partial charge in [0.25, 0.3) is 0 Å². The van der Waals surface area contributed by atoms with E-state index in [4.69, 9.17) is 0 Å². The molecule has 0 bridgehead atoms. The van der Waals surface area contributed by atoms with Gasteiger partial charge in [0.2, 0.25) is 5.12 Å². The lowest BCUT2D eigenvalue weighted by molar-refractivity contribution is 0.108. The van der Waals surface area contributed by atoms with Gasteiger partial charge in [0, 0.05) is 17.2 Å². The van der Waals surface area contributed by atoms with Crippen LogP contribution >= 0.6 is 11.8 Å². The Balaban J connectivity index is 1.58. The van der Waals surface area contributed by atoms with Gasteiger partial charge < -0.3 is 0 Å². The van der Waals surface area contributed by atoms with Gasteiger partial charge in [-0.05, 0) is 29.2 Å². The van der Waals surface area contributed by atoms with Crippen LogP contribution in [0.25, 0.3) is 11.1 Å². The monoisotopic (exact) mass is 330 g/mol. The molecule has 1 aliphatic carbocycles. The van der Waals surface area contributed by atoms with Crippen LogP contribution in [0.15, 0.2) is 72.8 Å². The summed E-state index contributed by atoms with van der Waals surface area (Å²) in [5, 5.41) is 0.150. The summed E-state index contributed by atoms with van der Waals surface area (Å²) in [6, 6.07) is 24.9. The average molecular weight is 330 g/mol. The number of rotatable bonds is 3. The third kappa shape index (κ3) is 2.67. The van der Waals surface area contributed by atoms with Crippen molar-refractivity contribution in [1.29, 1.82) is 0 Å². The van der Waals surface area contributed by atoms with Gasteiger partial charge in [-0.15, -0.1) is 0 Å². The first-order valence-corrected chi connectivity index (χ1v) is 9.14. The smallest absolute Gasteiger partial charge is 0.219 e. The highest BCUT2D eigenvalue weighted by molar-refractivity contribution is 8.14. The number of benzene rings is 3. The molecule has 1 nitrogen and oxygen atoms in total. The Hall–Kier alpha value is -2.32. The van der Waals surface area contributed by atoms with Gasteiger partial charge in [-0.3, -0.25) is 4.79 Å². The molecule has 4 rings (SSSR count). The molecule has 0 unspecified atom stereocenters. The minimum atomic E-state index is 0.150. The molecule has 0 aliphatic heterocycles. The van der Waals surface area contributed by atoms with Gasteiger partial charge in [-0.2, -0.15) is 0 Å². The molecule has 0 fully saturated rings. The Morgan fingerprint density at radius 3 is 1.96 bits per heavy atom. The second-order valence-corrected chi connectivity index (χ2v) is 7.18. The van der Waals surface area contributed by atoms with Gasteiger partial charge >= 0.3 is 0 Å². The van der Waals surface area contributed by atoms with Gasteiger partial charge in [-0.25, -0.2) is 0 Å². The SMILES string of the molecule is Cc1ccc(C(=O)SCC2c3ccccc3-c3ccccc32)cc1. The fourth-order valence-corrected chi connectivity index (χ4v) is 4.35. The topological polar surface area (TPSA) is 17.1 Å². The summed E-state index contributed by atoms with van der Waals surface area (Å²) in [6.07, 6.45) is 0. The predicted octanol–water partition coefficient (Wildman–Crippen LogP) is 5.68. The minimum absolute atomic E-state index is 0.150. The van der Waals surface area contributed by atoms with Crippen molar-refractivity contribution in [3.63, 3.8) is 0 Å². The molecular formula is C22H18OS. The first kappa shape index (κ1) is 15.2. The predicted molar refractivity (Wildman–Crippen MR) is 102 cm³/mol. The third-order valence-electron chi connectivity index (χ3n) is 4.63. The van der Waals surface area contributed by atoms with E-state index in [0.29, 0.717) is 0 Å². The summed E-state index contributed by atoms with van der Waals surface area (Å²) in [5.74, 6) is 1.07. The Bertz CT molecular complexity index is 850. The minimum Gasteiger partial charge on any atom is -0.282 e. The molecule has 0 spiro atoms. The van der Waals surface area contributed by atoms with E-state index in [-0.39, 0.29) is 11.0 Å². The molecule has 3 aromatic carbocycles. The number of hydrogen-bond acceptors (Lipinski definition) is 2. The molecule has 0 heterocycles. The summed E-state index contributed by atoms with van der Waals surface area (Å²) in [5.41, 5.74) is 7.24. The Kier molecular flexibility index (Phi) is 3.99. The van der Waals surface area contributed by atoms with Crippen molar-refractivity contribution in [2.24, 2.45) is 0 Å².